The molecule has 0 spiro atoms. The van der Waals surface area contributed by atoms with E-state index in [0.29, 0.717) is 11.3 Å². The van der Waals surface area contributed by atoms with E-state index in [1.807, 2.05) is 6.07 Å². The summed E-state index contributed by atoms with van der Waals surface area (Å²) in [5, 5.41) is 63.9. The molecule has 4 heterocycles. The number of hydrogen-bond acceptors (Lipinski definition) is 18. The van der Waals surface area contributed by atoms with Gasteiger partial charge in [0.2, 0.25) is 29.5 Å². The van der Waals surface area contributed by atoms with Crippen LogP contribution in [-0.4, -0.2) is 169 Å². The average molecular weight is 861 g/mol. The summed E-state index contributed by atoms with van der Waals surface area (Å²) < 4.78 is 24.3. The second-order valence-corrected chi connectivity index (χ2v) is 14.4. The molecule has 61 heavy (non-hydrogen) atoms. The van der Waals surface area contributed by atoms with Gasteiger partial charge in [0.05, 0.1) is 26.1 Å². The van der Waals surface area contributed by atoms with Gasteiger partial charge >= 0.3 is 0 Å². The fourth-order valence-electron chi connectivity index (χ4n) is 6.68. The van der Waals surface area contributed by atoms with Crippen molar-refractivity contribution in [2.24, 2.45) is 5.73 Å². The maximum absolute atomic E-state index is 13.0. The molecule has 11 atom stereocenters. The van der Waals surface area contributed by atoms with Crippen LogP contribution in [0.3, 0.4) is 0 Å². The van der Waals surface area contributed by atoms with Gasteiger partial charge < -0.3 is 76.8 Å². The topological polar surface area (TPSA) is 353 Å². The molecule has 2 aliphatic heterocycles. The molecule has 2 aromatic heterocycles. The van der Waals surface area contributed by atoms with Crippen LogP contribution in [0, 0.1) is 0 Å². The van der Waals surface area contributed by atoms with Gasteiger partial charge in [0.25, 0.3) is 0 Å². The monoisotopic (exact) mass is 860 g/mol. The molecule has 0 unspecified atom stereocenters. The first-order chi connectivity index (χ1) is 29.2. The highest BCUT2D eigenvalue weighted by molar-refractivity contribution is 5.92. The number of primary amides is 1. The molecule has 0 radical (unpaired) electrons. The van der Waals surface area contributed by atoms with E-state index >= 15 is 0 Å². The van der Waals surface area contributed by atoms with Crippen LogP contribution < -0.4 is 32.3 Å². The Morgan fingerprint density at radius 1 is 0.902 bits per heavy atom. The van der Waals surface area contributed by atoms with Crippen molar-refractivity contribution in [3.8, 4) is 0 Å². The third kappa shape index (κ3) is 12.1. The molecular formula is C37H52N10O14. The second-order valence-electron chi connectivity index (χ2n) is 14.4. The Morgan fingerprint density at radius 3 is 2.30 bits per heavy atom. The number of anilines is 1. The SMILES string of the molecule is CC(=O)N[C@H]1[C@@H](OCc2ccccc2)O[C@H](CO)[C@@H](O)[C@@H]1OCC(=O)N[C@H](C)C(=O)N[C@H](CCC(=O)NCCNc1ncnc2c1ncn2[C@@H]1O[C@H](CO)[C@@H](O)[C@H]1O)C(N)=O. The molecule has 2 saturated heterocycles. The van der Waals surface area contributed by atoms with Crippen molar-refractivity contribution in [1.82, 2.24) is 40.8 Å². The number of carbonyl (C=O) groups is 5. The Bertz CT molecular complexity index is 1960. The van der Waals surface area contributed by atoms with Gasteiger partial charge in [0.15, 0.2) is 29.5 Å². The van der Waals surface area contributed by atoms with Gasteiger partial charge in [-0.2, -0.15) is 0 Å². The Labute approximate surface area is 348 Å². The average Bonchev–Trinajstić information content (AvgIpc) is 3.80. The number of benzene rings is 1. The summed E-state index contributed by atoms with van der Waals surface area (Å²) in [7, 11) is 0. The van der Waals surface area contributed by atoms with E-state index in [1.54, 1.807) is 24.3 Å². The van der Waals surface area contributed by atoms with Gasteiger partial charge in [0, 0.05) is 26.4 Å². The minimum Gasteiger partial charge on any atom is -0.394 e. The van der Waals surface area contributed by atoms with Crippen LogP contribution in [-0.2, 0) is 49.5 Å². The lowest BCUT2D eigenvalue weighted by molar-refractivity contribution is -0.279. The third-order valence-corrected chi connectivity index (χ3v) is 9.87. The predicted octanol–water partition coefficient (Wildman–Crippen LogP) is -4.59. The van der Waals surface area contributed by atoms with Gasteiger partial charge in [-0.25, -0.2) is 15.0 Å². The molecule has 24 heteroatoms. The maximum Gasteiger partial charge on any atom is 0.246 e. The van der Waals surface area contributed by atoms with Crippen LogP contribution in [0.5, 0.6) is 0 Å². The smallest absolute Gasteiger partial charge is 0.246 e. The minimum atomic E-state index is -1.50. The lowest BCUT2D eigenvalue weighted by Gasteiger charge is -2.44. The highest BCUT2D eigenvalue weighted by Gasteiger charge is 2.47. The van der Waals surface area contributed by atoms with E-state index in [4.69, 9.17) is 24.7 Å². The van der Waals surface area contributed by atoms with Crippen LogP contribution in [0.2, 0.25) is 0 Å². The summed E-state index contributed by atoms with van der Waals surface area (Å²) in [6.07, 6.45) is -7.63. The van der Waals surface area contributed by atoms with Crippen molar-refractivity contribution in [1.29, 1.82) is 0 Å². The summed E-state index contributed by atoms with van der Waals surface area (Å²) >= 11 is 0. The van der Waals surface area contributed by atoms with Gasteiger partial charge in [-0.15, -0.1) is 0 Å². The molecule has 2 aliphatic rings. The molecule has 5 rings (SSSR count). The lowest BCUT2D eigenvalue weighted by atomic mass is 9.96. The number of rotatable bonds is 21. The Kier molecular flexibility index (Phi) is 16.7. The molecule has 334 valence electrons. The van der Waals surface area contributed by atoms with Crippen molar-refractivity contribution in [2.75, 3.05) is 38.2 Å². The van der Waals surface area contributed by atoms with Crippen molar-refractivity contribution >= 4 is 46.5 Å². The first-order valence-electron chi connectivity index (χ1n) is 19.4. The fourth-order valence-corrected chi connectivity index (χ4v) is 6.68. The minimum absolute atomic E-state index is 0.0559. The van der Waals surface area contributed by atoms with E-state index in [0.717, 1.165) is 5.56 Å². The number of aromatic nitrogens is 4. The van der Waals surface area contributed by atoms with Crippen molar-refractivity contribution < 1.29 is 68.5 Å². The molecule has 1 aromatic carbocycles. The normalized spacial score (nSPS) is 25.9. The first kappa shape index (κ1) is 46.6. The molecule has 0 bridgehead atoms. The van der Waals surface area contributed by atoms with E-state index in [1.165, 1.54) is 31.1 Å². The zero-order valence-electron chi connectivity index (χ0n) is 33.3. The first-order valence-corrected chi connectivity index (χ1v) is 19.4. The zero-order chi connectivity index (χ0) is 44.2. The van der Waals surface area contributed by atoms with Crippen LogP contribution in [0.15, 0.2) is 43.0 Å². The van der Waals surface area contributed by atoms with Gasteiger partial charge in [-0.1, -0.05) is 30.3 Å². The highest BCUT2D eigenvalue weighted by atomic mass is 16.7. The Balaban J connectivity index is 1.06. The van der Waals surface area contributed by atoms with E-state index in [-0.39, 0.29) is 38.2 Å². The summed E-state index contributed by atoms with van der Waals surface area (Å²) in [4.78, 5) is 75.4. The number of nitrogens with zero attached hydrogens (tertiary/aromatic N) is 4. The van der Waals surface area contributed by atoms with Crippen LogP contribution >= 0.6 is 0 Å². The van der Waals surface area contributed by atoms with Crippen molar-refractivity contribution in [2.45, 2.75) is 101 Å². The molecule has 12 N–H and O–H groups in total. The number of hydrogen-bond donors (Lipinski definition) is 11. The number of ether oxygens (including phenoxy) is 4. The Hall–Kier alpha value is -5.44. The number of carbonyl (C=O) groups excluding carboxylic acids is 5. The largest absolute Gasteiger partial charge is 0.394 e. The Morgan fingerprint density at radius 2 is 1.62 bits per heavy atom. The number of fused-ring (bicyclic) bond motifs is 1. The summed E-state index contributed by atoms with van der Waals surface area (Å²) in [5.74, 6) is -3.19. The number of aliphatic hydroxyl groups excluding tert-OH is 5. The van der Waals surface area contributed by atoms with E-state index in [9.17, 15) is 49.5 Å². The zero-order valence-corrected chi connectivity index (χ0v) is 33.3. The van der Waals surface area contributed by atoms with Gasteiger partial charge in [-0.05, 0) is 18.9 Å². The number of nitrogens with two attached hydrogens (primary N) is 1. The summed E-state index contributed by atoms with van der Waals surface area (Å²) in [6.45, 7) is 1.09. The summed E-state index contributed by atoms with van der Waals surface area (Å²) in [5.41, 5.74) is 6.87. The number of aliphatic hydroxyl groups is 5. The number of nitrogens with one attached hydrogen (secondary N) is 5. The van der Waals surface area contributed by atoms with Crippen LogP contribution in [0.1, 0.15) is 38.5 Å². The lowest BCUT2D eigenvalue weighted by Crippen LogP contribution is -2.65. The highest BCUT2D eigenvalue weighted by Crippen LogP contribution is 2.32. The molecule has 0 saturated carbocycles. The van der Waals surface area contributed by atoms with Crippen LogP contribution in [0.4, 0.5) is 5.82 Å². The van der Waals surface area contributed by atoms with E-state index in [2.05, 4.69) is 41.5 Å². The van der Waals surface area contributed by atoms with Crippen LogP contribution in [0.25, 0.3) is 11.2 Å². The van der Waals surface area contributed by atoms with Gasteiger partial charge in [-0.3, -0.25) is 28.5 Å². The quantitative estimate of drug-likeness (QED) is 0.0449. The van der Waals surface area contributed by atoms with Crippen molar-refractivity contribution in [3.05, 3.63) is 48.5 Å². The van der Waals surface area contributed by atoms with E-state index < -0.39 is 117 Å². The number of amides is 5. The molecule has 0 aliphatic carbocycles. The molecular weight excluding hydrogens is 808 g/mol. The number of imidazole rings is 1. The predicted molar refractivity (Wildman–Crippen MR) is 208 cm³/mol. The maximum atomic E-state index is 13.0. The summed E-state index contributed by atoms with van der Waals surface area (Å²) in [6, 6.07) is 5.45. The third-order valence-electron chi connectivity index (χ3n) is 9.87. The fraction of sp³-hybridized carbons (Fsp3) is 0.568. The second kappa shape index (κ2) is 21.9. The van der Waals surface area contributed by atoms with Crippen molar-refractivity contribution in [3.63, 3.8) is 0 Å². The van der Waals surface area contributed by atoms with Gasteiger partial charge in [0.1, 0.15) is 67.7 Å². The molecule has 24 nitrogen and oxygen atoms in total. The molecule has 5 amide bonds. The molecule has 2 fully saturated rings. The molecule has 3 aromatic rings. The standard InChI is InChI=1S/C37H52N10O14/c1-18(44-25(52)15-58-31-26(45-19(2)50)37(61-23(13-49)29(31)54)59-14-20-6-4-3-5-7-20)35(57)46-21(32(38)56)8-9-24(51)39-10-11-40-33-27-34(42-16-41-33)47(17-43-27)36-30(55)28(53)22(12-48)60-36/h3-7,16-18,21-23,26,28-31,36-37,48-49,53-55H,8-15H2,1-2H3,(H2,38,56)(H,39,51)(H,44,52)(H,45,50)(H,46,57)(H,40,41,42)/t18-,21-,22-,23-,26-,28-,29-,30-,31-,36-,37+/m1/s1.